The normalized spacial score (nSPS) is 10.4. The van der Waals surface area contributed by atoms with E-state index in [1.165, 1.54) is 11.1 Å². The van der Waals surface area contributed by atoms with Crippen LogP contribution in [0.25, 0.3) is 0 Å². The van der Waals surface area contributed by atoms with Crippen LogP contribution in [0, 0.1) is 0 Å². The molecule has 0 aliphatic rings. The van der Waals surface area contributed by atoms with Crippen LogP contribution in [-0.4, -0.2) is 23.2 Å². The maximum Gasteiger partial charge on any atom is 0.169 e. The van der Waals surface area contributed by atoms with Crippen molar-refractivity contribution in [3.8, 4) is 5.75 Å². The van der Waals surface area contributed by atoms with E-state index in [4.69, 9.17) is 17.0 Å². The predicted octanol–water partition coefficient (Wildman–Crippen LogP) is 3.98. The Bertz CT molecular complexity index is 611. The highest BCUT2D eigenvalue weighted by molar-refractivity contribution is 7.80. The summed E-state index contributed by atoms with van der Waals surface area (Å²) in [7, 11) is 1.67. The zero-order valence-corrected chi connectivity index (χ0v) is 14.8. The fraction of sp³-hybridized carbons (Fsp3) is 0.316. The van der Waals surface area contributed by atoms with Gasteiger partial charge in [-0.2, -0.15) is 0 Å². The Morgan fingerprint density at radius 1 is 1.04 bits per heavy atom. The molecule has 0 aromatic heterocycles. The minimum absolute atomic E-state index is 0.339. The lowest BCUT2D eigenvalue weighted by Crippen LogP contribution is -2.42. The molecule has 0 saturated carbocycles. The third-order valence-corrected chi connectivity index (χ3v) is 4.06. The smallest absolute Gasteiger partial charge is 0.169 e. The Kier molecular flexibility index (Phi) is 6.41. The Hall–Kier alpha value is -2.07. The summed E-state index contributed by atoms with van der Waals surface area (Å²) >= 11 is 5.59. The Balaban J connectivity index is 1.95. The van der Waals surface area contributed by atoms with Crippen LogP contribution in [0.4, 0.5) is 0 Å². The van der Waals surface area contributed by atoms with Crippen molar-refractivity contribution in [2.45, 2.75) is 33.0 Å². The van der Waals surface area contributed by atoms with Crippen molar-refractivity contribution in [2.24, 2.45) is 0 Å². The van der Waals surface area contributed by atoms with Gasteiger partial charge in [-0.3, -0.25) is 0 Å². The first-order valence-electron chi connectivity index (χ1n) is 7.81. The molecule has 23 heavy (non-hydrogen) atoms. The average Bonchev–Trinajstić information content (AvgIpc) is 2.58. The summed E-state index contributed by atoms with van der Waals surface area (Å²) in [6, 6.07) is 18.8. The number of rotatable bonds is 6. The highest BCUT2D eigenvalue weighted by atomic mass is 32.1. The third-order valence-electron chi connectivity index (χ3n) is 3.68. The maximum absolute atomic E-state index is 5.59. The van der Waals surface area contributed by atoms with Gasteiger partial charge in [0.05, 0.1) is 7.11 Å². The average molecular weight is 328 g/mol. The van der Waals surface area contributed by atoms with Gasteiger partial charge in [0.15, 0.2) is 5.11 Å². The second-order valence-corrected chi connectivity index (χ2v) is 6.10. The summed E-state index contributed by atoms with van der Waals surface area (Å²) in [6.07, 6.45) is 0. The van der Waals surface area contributed by atoms with Crippen LogP contribution in [0.1, 0.15) is 25.0 Å². The van der Waals surface area contributed by atoms with Crippen molar-refractivity contribution in [1.29, 1.82) is 0 Å². The molecule has 2 rings (SSSR count). The lowest BCUT2D eigenvalue weighted by Gasteiger charge is -2.30. The summed E-state index contributed by atoms with van der Waals surface area (Å²) in [6.45, 7) is 5.84. The van der Waals surface area contributed by atoms with E-state index in [9.17, 15) is 0 Å². The van der Waals surface area contributed by atoms with Crippen LogP contribution >= 0.6 is 12.2 Å². The van der Waals surface area contributed by atoms with Gasteiger partial charge in [-0.25, -0.2) is 0 Å². The number of nitrogens with one attached hydrogen (secondary N) is 1. The summed E-state index contributed by atoms with van der Waals surface area (Å²) in [4.78, 5) is 2.20. The molecule has 0 radical (unpaired) electrons. The molecule has 2 aromatic rings. The van der Waals surface area contributed by atoms with Crippen LogP contribution < -0.4 is 10.1 Å². The van der Waals surface area contributed by atoms with Crippen LogP contribution in [0.3, 0.4) is 0 Å². The third kappa shape index (κ3) is 5.25. The van der Waals surface area contributed by atoms with Crippen molar-refractivity contribution in [2.75, 3.05) is 7.11 Å². The summed E-state index contributed by atoms with van der Waals surface area (Å²) in [5.74, 6) is 0.865. The van der Waals surface area contributed by atoms with E-state index in [1.807, 2.05) is 30.3 Å². The standard InChI is InChI=1S/C19H24N2OS/c1-15(2)21(14-17-7-5-4-6-8-17)19(23)20-13-16-9-11-18(22-3)12-10-16/h4-12,15H,13-14H2,1-3H3,(H,20,23). The molecule has 122 valence electrons. The number of ether oxygens (including phenoxy) is 1. The number of thiocarbonyl (C=S) groups is 1. The first-order chi connectivity index (χ1) is 11.1. The Labute approximate surface area is 144 Å². The van der Waals surface area contributed by atoms with Crippen LogP contribution in [0.15, 0.2) is 54.6 Å². The first kappa shape index (κ1) is 17.3. The van der Waals surface area contributed by atoms with Crippen molar-refractivity contribution in [3.05, 3.63) is 65.7 Å². The molecule has 4 heteroatoms. The monoisotopic (exact) mass is 328 g/mol. The largest absolute Gasteiger partial charge is 0.497 e. The van der Waals surface area contributed by atoms with E-state index in [2.05, 4.69) is 48.3 Å². The van der Waals surface area contributed by atoms with E-state index in [0.29, 0.717) is 12.6 Å². The summed E-state index contributed by atoms with van der Waals surface area (Å²) in [5.41, 5.74) is 2.44. The molecule has 2 aromatic carbocycles. The lowest BCUT2D eigenvalue weighted by atomic mass is 10.2. The van der Waals surface area contributed by atoms with Crippen molar-refractivity contribution < 1.29 is 4.74 Å². The molecular formula is C19H24N2OS. The fourth-order valence-corrected chi connectivity index (χ4v) is 2.64. The molecular weight excluding hydrogens is 304 g/mol. The van der Waals surface area contributed by atoms with Gasteiger partial charge in [-0.05, 0) is 49.3 Å². The maximum atomic E-state index is 5.59. The quantitative estimate of drug-likeness (QED) is 0.811. The minimum Gasteiger partial charge on any atom is -0.497 e. The van der Waals surface area contributed by atoms with Gasteiger partial charge in [0.2, 0.25) is 0 Å². The highest BCUT2D eigenvalue weighted by Gasteiger charge is 2.13. The van der Waals surface area contributed by atoms with Crippen molar-refractivity contribution in [3.63, 3.8) is 0 Å². The summed E-state index contributed by atoms with van der Waals surface area (Å²) in [5, 5.41) is 4.13. The molecule has 0 aliphatic heterocycles. The number of methoxy groups -OCH3 is 1. The number of hydrogen-bond acceptors (Lipinski definition) is 2. The van der Waals surface area contributed by atoms with E-state index in [-0.39, 0.29) is 0 Å². The minimum atomic E-state index is 0.339. The molecule has 0 spiro atoms. The van der Waals surface area contributed by atoms with Crippen LogP contribution in [-0.2, 0) is 13.1 Å². The Morgan fingerprint density at radius 3 is 2.26 bits per heavy atom. The number of hydrogen-bond donors (Lipinski definition) is 1. The molecule has 0 amide bonds. The molecule has 0 unspecified atom stereocenters. The van der Waals surface area contributed by atoms with Gasteiger partial charge in [0.25, 0.3) is 0 Å². The summed E-state index contributed by atoms with van der Waals surface area (Å²) < 4.78 is 5.18. The Morgan fingerprint density at radius 2 is 1.70 bits per heavy atom. The van der Waals surface area contributed by atoms with Crippen molar-refractivity contribution in [1.82, 2.24) is 10.2 Å². The molecule has 0 heterocycles. The molecule has 3 nitrogen and oxygen atoms in total. The molecule has 0 saturated heterocycles. The zero-order chi connectivity index (χ0) is 16.7. The van der Waals surface area contributed by atoms with Gasteiger partial charge in [-0.15, -0.1) is 0 Å². The van der Waals surface area contributed by atoms with Gasteiger partial charge < -0.3 is 15.0 Å². The fourth-order valence-electron chi connectivity index (χ4n) is 2.29. The van der Waals surface area contributed by atoms with Crippen molar-refractivity contribution >= 4 is 17.3 Å². The second-order valence-electron chi connectivity index (χ2n) is 5.71. The van der Waals surface area contributed by atoms with E-state index in [1.54, 1.807) is 7.11 Å². The second kappa shape index (κ2) is 8.53. The van der Waals surface area contributed by atoms with Crippen LogP contribution in [0.2, 0.25) is 0 Å². The zero-order valence-electron chi connectivity index (χ0n) is 14.0. The number of benzene rings is 2. The molecule has 0 atom stereocenters. The van der Waals surface area contributed by atoms with E-state index >= 15 is 0 Å². The van der Waals surface area contributed by atoms with Crippen LogP contribution in [0.5, 0.6) is 5.75 Å². The topological polar surface area (TPSA) is 24.5 Å². The van der Waals surface area contributed by atoms with E-state index < -0.39 is 0 Å². The van der Waals surface area contributed by atoms with Gasteiger partial charge in [-0.1, -0.05) is 42.5 Å². The van der Waals surface area contributed by atoms with Gasteiger partial charge >= 0.3 is 0 Å². The molecule has 1 N–H and O–H groups in total. The molecule has 0 bridgehead atoms. The van der Waals surface area contributed by atoms with Gasteiger partial charge in [0, 0.05) is 19.1 Å². The SMILES string of the molecule is COc1ccc(CNC(=S)N(Cc2ccccc2)C(C)C)cc1. The highest BCUT2D eigenvalue weighted by Crippen LogP contribution is 2.12. The van der Waals surface area contributed by atoms with Gasteiger partial charge in [0.1, 0.15) is 5.75 Å². The molecule has 0 fully saturated rings. The lowest BCUT2D eigenvalue weighted by molar-refractivity contribution is 0.337. The number of nitrogens with zero attached hydrogens (tertiary/aromatic N) is 1. The first-order valence-corrected chi connectivity index (χ1v) is 8.22. The van der Waals surface area contributed by atoms with E-state index in [0.717, 1.165) is 17.4 Å². The molecule has 0 aliphatic carbocycles. The predicted molar refractivity (Wildman–Crippen MR) is 99.6 cm³/mol.